The zero-order valence-corrected chi connectivity index (χ0v) is 13.3. The molecular weight excluding hydrogens is 315 g/mol. The van der Waals surface area contributed by atoms with Gasteiger partial charge in [0, 0.05) is 11.6 Å². The maximum absolute atomic E-state index is 11.7. The number of benzene rings is 1. The normalized spacial score (nSPS) is 12.1. The highest BCUT2D eigenvalue weighted by molar-refractivity contribution is 6.42. The standard InChI is InChI=1S/C14H18Cl2N2O3/c1-8(2)5-10(19)7-17-13(20)14(21)18-12-4-3-9(15)6-11(12)16/h3-4,6,8,10,19H,5,7H2,1-2H3,(H,17,20)(H,18,21). The lowest BCUT2D eigenvalue weighted by molar-refractivity contribution is -0.136. The van der Waals surface area contributed by atoms with Crippen molar-refractivity contribution in [3.05, 3.63) is 28.2 Å². The molecular formula is C14H18Cl2N2O3. The SMILES string of the molecule is CC(C)CC(O)CNC(=O)C(=O)Nc1ccc(Cl)cc1Cl. The lowest BCUT2D eigenvalue weighted by atomic mass is 10.1. The number of aliphatic hydroxyl groups is 1. The van der Waals surface area contributed by atoms with Gasteiger partial charge in [0.15, 0.2) is 0 Å². The summed E-state index contributed by atoms with van der Waals surface area (Å²) in [5, 5.41) is 15.0. The molecule has 21 heavy (non-hydrogen) atoms. The maximum Gasteiger partial charge on any atom is 0.313 e. The van der Waals surface area contributed by atoms with Crippen LogP contribution in [-0.4, -0.2) is 29.6 Å². The fourth-order valence-electron chi connectivity index (χ4n) is 1.69. The third kappa shape index (κ3) is 6.33. The van der Waals surface area contributed by atoms with E-state index in [9.17, 15) is 14.7 Å². The van der Waals surface area contributed by atoms with Crippen LogP contribution < -0.4 is 10.6 Å². The fraction of sp³-hybridized carbons (Fsp3) is 0.429. The molecule has 0 saturated heterocycles. The average molecular weight is 333 g/mol. The Morgan fingerprint density at radius 2 is 1.90 bits per heavy atom. The summed E-state index contributed by atoms with van der Waals surface area (Å²) in [4.78, 5) is 23.3. The third-order valence-electron chi connectivity index (χ3n) is 2.63. The molecule has 0 radical (unpaired) electrons. The van der Waals surface area contributed by atoms with Crippen molar-refractivity contribution in [1.29, 1.82) is 0 Å². The van der Waals surface area contributed by atoms with Crippen LogP contribution in [-0.2, 0) is 9.59 Å². The lowest BCUT2D eigenvalue weighted by Gasteiger charge is -2.13. The van der Waals surface area contributed by atoms with E-state index < -0.39 is 17.9 Å². The van der Waals surface area contributed by atoms with Gasteiger partial charge in [0.2, 0.25) is 0 Å². The van der Waals surface area contributed by atoms with Crippen LogP contribution in [0.15, 0.2) is 18.2 Å². The van der Waals surface area contributed by atoms with Gasteiger partial charge >= 0.3 is 11.8 Å². The summed E-state index contributed by atoms with van der Waals surface area (Å²) in [6.45, 7) is 3.94. The zero-order valence-electron chi connectivity index (χ0n) is 11.8. The molecule has 0 aromatic heterocycles. The summed E-state index contributed by atoms with van der Waals surface area (Å²) < 4.78 is 0. The smallest absolute Gasteiger partial charge is 0.313 e. The van der Waals surface area contributed by atoms with E-state index in [4.69, 9.17) is 23.2 Å². The Morgan fingerprint density at radius 3 is 2.48 bits per heavy atom. The molecule has 1 rings (SSSR count). The molecule has 7 heteroatoms. The van der Waals surface area contributed by atoms with Crippen LogP contribution in [0.1, 0.15) is 20.3 Å². The number of carbonyl (C=O) groups excluding carboxylic acids is 2. The molecule has 2 amide bonds. The fourth-order valence-corrected chi connectivity index (χ4v) is 2.14. The highest BCUT2D eigenvalue weighted by Gasteiger charge is 2.16. The first-order valence-electron chi connectivity index (χ1n) is 6.52. The summed E-state index contributed by atoms with van der Waals surface area (Å²) >= 11 is 11.6. The van der Waals surface area contributed by atoms with Crippen molar-refractivity contribution in [2.24, 2.45) is 5.92 Å². The van der Waals surface area contributed by atoms with Crippen LogP contribution in [0.3, 0.4) is 0 Å². The lowest BCUT2D eigenvalue weighted by Crippen LogP contribution is -2.39. The number of nitrogens with one attached hydrogen (secondary N) is 2. The molecule has 1 aromatic rings. The Kier molecular flexibility index (Phi) is 6.95. The van der Waals surface area contributed by atoms with Crippen molar-refractivity contribution in [3.63, 3.8) is 0 Å². The van der Waals surface area contributed by atoms with E-state index in [2.05, 4.69) is 10.6 Å². The Morgan fingerprint density at radius 1 is 1.24 bits per heavy atom. The maximum atomic E-state index is 11.7. The summed E-state index contributed by atoms with van der Waals surface area (Å²) in [5.74, 6) is -1.38. The number of amides is 2. The predicted molar refractivity (Wildman–Crippen MR) is 83.6 cm³/mol. The molecule has 3 N–H and O–H groups in total. The zero-order chi connectivity index (χ0) is 16.0. The molecule has 116 valence electrons. The molecule has 0 bridgehead atoms. The van der Waals surface area contributed by atoms with E-state index in [1.807, 2.05) is 13.8 Å². The van der Waals surface area contributed by atoms with Crippen molar-refractivity contribution in [3.8, 4) is 0 Å². The van der Waals surface area contributed by atoms with Crippen molar-refractivity contribution in [1.82, 2.24) is 5.32 Å². The van der Waals surface area contributed by atoms with E-state index in [1.54, 1.807) is 6.07 Å². The van der Waals surface area contributed by atoms with Gasteiger partial charge in [-0.05, 0) is 30.5 Å². The van der Waals surface area contributed by atoms with E-state index >= 15 is 0 Å². The van der Waals surface area contributed by atoms with Crippen LogP contribution in [0.5, 0.6) is 0 Å². The molecule has 0 fully saturated rings. The number of rotatable bonds is 5. The monoisotopic (exact) mass is 332 g/mol. The predicted octanol–water partition coefficient (Wildman–Crippen LogP) is 2.46. The number of carbonyl (C=O) groups is 2. The van der Waals surface area contributed by atoms with Gasteiger partial charge < -0.3 is 15.7 Å². The minimum atomic E-state index is -0.851. The van der Waals surface area contributed by atoms with Crippen molar-refractivity contribution >= 4 is 40.7 Å². The summed E-state index contributed by atoms with van der Waals surface area (Å²) in [5.41, 5.74) is 0.295. The quantitative estimate of drug-likeness (QED) is 0.724. The van der Waals surface area contributed by atoms with E-state index in [1.165, 1.54) is 12.1 Å². The average Bonchev–Trinajstić information content (AvgIpc) is 2.38. The van der Waals surface area contributed by atoms with Gasteiger partial charge in [0.25, 0.3) is 0 Å². The number of aliphatic hydroxyl groups excluding tert-OH is 1. The van der Waals surface area contributed by atoms with Crippen LogP contribution in [0.2, 0.25) is 10.0 Å². The second-order valence-corrected chi connectivity index (χ2v) is 5.92. The second kappa shape index (κ2) is 8.22. The van der Waals surface area contributed by atoms with Gasteiger partial charge in [-0.2, -0.15) is 0 Å². The number of hydrogen-bond donors (Lipinski definition) is 3. The van der Waals surface area contributed by atoms with E-state index in [-0.39, 0.29) is 11.6 Å². The van der Waals surface area contributed by atoms with Gasteiger partial charge in [-0.25, -0.2) is 0 Å². The van der Waals surface area contributed by atoms with Gasteiger partial charge in [0.1, 0.15) is 0 Å². The number of hydrogen-bond acceptors (Lipinski definition) is 3. The molecule has 1 atom stereocenters. The minimum Gasteiger partial charge on any atom is -0.391 e. The molecule has 0 aliphatic carbocycles. The van der Waals surface area contributed by atoms with Gasteiger partial charge in [-0.15, -0.1) is 0 Å². The Balaban J connectivity index is 2.49. The molecule has 5 nitrogen and oxygen atoms in total. The molecule has 0 heterocycles. The first-order chi connectivity index (χ1) is 9.79. The van der Waals surface area contributed by atoms with Crippen LogP contribution in [0, 0.1) is 5.92 Å². The molecule has 0 spiro atoms. The molecule has 0 aliphatic heterocycles. The van der Waals surface area contributed by atoms with Gasteiger partial charge in [-0.3, -0.25) is 9.59 Å². The highest BCUT2D eigenvalue weighted by atomic mass is 35.5. The minimum absolute atomic E-state index is 0.0266. The number of anilines is 1. The molecule has 0 saturated carbocycles. The highest BCUT2D eigenvalue weighted by Crippen LogP contribution is 2.25. The Hall–Kier alpha value is -1.30. The Labute approximate surface area is 133 Å². The topological polar surface area (TPSA) is 78.4 Å². The van der Waals surface area contributed by atoms with Crippen molar-refractivity contribution in [2.45, 2.75) is 26.4 Å². The molecule has 0 aliphatic rings. The molecule has 1 aromatic carbocycles. The van der Waals surface area contributed by atoms with Gasteiger partial charge in [-0.1, -0.05) is 37.0 Å². The first-order valence-corrected chi connectivity index (χ1v) is 7.27. The van der Waals surface area contributed by atoms with Crippen LogP contribution in [0.25, 0.3) is 0 Å². The molecule has 1 unspecified atom stereocenters. The van der Waals surface area contributed by atoms with Crippen molar-refractivity contribution < 1.29 is 14.7 Å². The second-order valence-electron chi connectivity index (χ2n) is 5.07. The van der Waals surface area contributed by atoms with Crippen LogP contribution in [0.4, 0.5) is 5.69 Å². The number of halogens is 2. The van der Waals surface area contributed by atoms with E-state index in [0.717, 1.165) is 0 Å². The van der Waals surface area contributed by atoms with Crippen LogP contribution >= 0.6 is 23.2 Å². The largest absolute Gasteiger partial charge is 0.391 e. The summed E-state index contributed by atoms with van der Waals surface area (Å²) in [6.07, 6.45) is -0.133. The first kappa shape index (κ1) is 17.8. The summed E-state index contributed by atoms with van der Waals surface area (Å²) in [6, 6.07) is 4.51. The van der Waals surface area contributed by atoms with E-state index in [0.29, 0.717) is 23.0 Å². The van der Waals surface area contributed by atoms with Crippen molar-refractivity contribution in [2.75, 3.05) is 11.9 Å². The summed E-state index contributed by atoms with van der Waals surface area (Å²) in [7, 11) is 0. The van der Waals surface area contributed by atoms with Gasteiger partial charge in [0.05, 0.1) is 16.8 Å². The third-order valence-corrected chi connectivity index (χ3v) is 3.18. The Bertz CT molecular complexity index is 521.